The van der Waals surface area contributed by atoms with Crippen molar-refractivity contribution in [1.82, 2.24) is 20.4 Å². The summed E-state index contributed by atoms with van der Waals surface area (Å²) < 4.78 is 0. The first-order valence-corrected chi connectivity index (χ1v) is 5.48. The van der Waals surface area contributed by atoms with Crippen LogP contribution in [0.15, 0.2) is 30.7 Å². The van der Waals surface area contributed by atoms with Gasteiger partial charge in [-0.15, -0.1) is 0 Å². The fourth-order valence-electron chi connectivity index (χ4n) is 1.37. The third-order valence-electron chi connectivity index (χ3n) is 2.31. The molecule has 0 aliphatic heterocycles. The molecule has 0 fully saturated rings. The van der Waals surface area contributed by atoms with Crippen molar-refractivity contribution in [3.63, 3.8) is 0 Å². The molecule has 2 aromatic rings. The number of nitrogen functional groups attached to an aromatic ring is 1. The lowest BCUT2D eigenvalue weighted by Gasteiger charge is -2.11. The molecule has 0 saturated heterocycles. The molecule has 0 atom stereocenters. The van der Waals surface area contributed by atoms with Gasteiger partial charge in [0.15, 0.2) is 11.6 Å². The zero-order valence-electron chi connectivity index (χ0n) is 10.2. The van der Waals surface area contributed by atoms with Gasteiger partial charge in [0.2, 0.25) is 0 Å². The highest BCUT2D eigenvalue weighted by Gasteiger charge is 2.09. The number of carbonyl (C=O) groups is 1. The van der Waals surface area contributed by atoms with E-state index in [2.05, 4.69) is 31.1 Å². The number of hydrogen-bond acceptors (Lipinski definition) is 7. The van der Waals surface area contributed by atoms with Gasteiger partial charge in [0, 0.05) is 13.2 Å². The lowest BCUT2D eigenvalue weighted by molar-refractivity contribution is 0.0957. The van der Waals surface area contributed by atoms with E-state index in [9.17, 15) is 4.79 Å². The van der Waals surface area contributed by atoms with E-state index in [0.717, 1.165) is 0 Å². The van der Waals surface area contributed by atoms with Gasteiger partial charge in [0.25, 0.3) is 5.91 Å². The van der Waals surface area contributed by atoms with E-state index in [1.165, 1.54) is 12.5 Å². The Labute approximate surface area is 109 Å². The smallest absolute Gasteiger partial charge is 0.288 e. The Hall–Kier alpha value is -2.90. The van der Waals surface area contributed by atoms with Gasteiger partial charge in [-0.1, -0.05) is 6.07 Å². The summed E-state index contributed by atoms with van der Waals surface area (Å²) in [7, 11) is 1.69. The monoisotopic (exact) mass is 259 g/mol. The fourth-order valence-corrected chi connectivity index (χ4v) is 1.37. The SMILES string of the molecule is CNc1ncnc(NNC(=O)c2ccccn2)c1N. The Morgan fingerprint density at radius 1 is 1.21 bits per heavy atom. The van der Waals surface area contributed by atoms with Crippen LogP contribution in [0.1, 0.15) is 10.5 Å². The molecule has 0 unspecified atom stereocenters. The van der Waals surface area contributed by atoms with E-state index < -0.39 is 0 Å². The number of nitrogens with zero attached hydrogens (tertiary/aromatic N) is 3. The zero-order chi connectivity index (χ0) is 13.7. The van der Waals surface area contributed by atoms with Crippen molar-refractivity contribution >= 4 is 23.2 Å². The van der Waals surface area contributed by atoms with Crippen LogP contribution in [0.3, 0.4) is 0 Å². The number of pyridine rings is 1. The van der Waals surface area contributed by atoms with Crippen LogP contribution in [0, 0.1) is 0 Å². The Morgan fingerprint density at radius 2 is 2.00 bits per heavy atom. The van der Waals surface area contributed by atoms with Gasteiger partial charge < -0.3 is 11.1 Å². The average molecular weight is 259 g/mol. The van der Waals surface area contributed by atoms with Crippen LogP contribution in [0.25, 0.3) is 0 Å². The number of amides is 1. The van der Waals surface area contributed by atoms with Crippen molar-refractivity contribution in [3.05, 3.63) is 36.4 Å². The molecule has 0 aromatic carbocycles. The van der Waals surface area contributed by atoms with Crippen molar-refractivity contribution in [2.75, 3.05) is 23.5 Å². The van der Waals surface area contributed by atoms with E-state index in [4.69, 9.17) is 5.73 Å². The first-order chi connectivity index (χ1) is 9.22. The number of rotatable bonds is 4. The average Bonchev–Trinajstić information content (AvgIpc) is 2.47. The van der Waals surface area contributed by atoms with Gasteiger partial charge >= 0.3 is 0 Å². The van der Waals surface area contributed by atoms with Gasteiger partial charge in [-0.3, -0.25) is 20.6 Å². The maximum absolute atomic E-state index is 11.7. The highest BCUT2D eigenvalue weighted by Crippen LogP contribution is 2.20. The van der Waals surface area contributed by atoms with E-state index >= 15 is 0 Å². The van der Waals surface area contributed by atoms with Crippen LogP contribution < -0.4 is 21.9 Å². The first kappa shape index (κ1) is 12.6. The summed E-state index contributed by atoms with van der Waals surface area (Å²) in [5, 5.41) is 2.81. The van der Waals surface area contributed by atoms with E-state index in [0.29, 0.717) is 17.3 Å². The predicted octanol–water partition coefficient (Wildman–Crippen LogP) is 0.252. The minimum Gasteiger partial charge on any atom is -0.393 e. The lowest BCUT2D eigenvalue weighted by atomic mass is 10.3. The van der Waals surface area contributed by atoms with E-state index in [1.54, 1.807) is 25.2 Å². The van der Waals surface area contributed by atoms with Gasteiger partial charge in [-0.05, 0) is 12.1 Å². The molecule has 0 bridgehead atoms. The van der Waals surface area contributed by atoms with Crippen LogP contribution in [0.4, 0.5) is 17.3 Å². The normalized spacial score (nSPS) is 9.74. The second-order valence-electron chi connectivity index (χ2n) is 3.53. The third kappa shape index (κ3) is 2.86. The largest absolute Gasteiger partial charge is 0.393 e. The molecule has 8 nitrogen and oxygen atoms in total. The molecule has 0 aliphatic rings. The maximum Gasteiger partial charge on any atom is 0.288 e. The number of carbonyl (C=O) groups excluding carboxylic acids is 1. The van der Waals surface area contributed by atoms with E-state index in [-0.39, 0.29) is 11.6 Å². The molecule has 19 heavy (non-hydrogen) atoms. The lowest BCUT2D eigenvalue weighted by Crippen LogP contribution is -2.31. The molecular weight excluding hydrogens is 246 g/mol. The Morgan fingerprint density at radius 3 is 2.68 bits per heavy atom. The van der Waals surface area contributed by atoms with Crippen molar-refractivity contribution in [2.24, 2.45) is 0 Å². The van der Waals surface area contributed by atoms with Crippen molar-refractivity contribution < 1.29 is 4.79 Å². The predicted molar refractivity (Wildman–Crippen MR) is 71.3 cm³/mol. The minimum absolute atomic E-state index is 0.288. The standard InChI is InChI=1S/C11H13N7O/c1-13-9-8(12)10(16-6-15-9)17-18-11(19)7-4-2-3-5-14-7/h2-6H,12H2,1H3,(H,18,19)(H2,13,15,16,17). The molecule has 0 spiro atoms. The number of nitrogens with one attached hydrogen (secondary N) is 3. The quantitative estimate of drug-likeness (QED) is 0.581. The Kier molecular flexibility index (Phi) is 3.72. The highest BCUT2D eigenvalue weighted by molar-refractivity contribution is 5.93. The summed E-state index contributed by atoms with van der Waals surface area (Å²) in [6, 6.07) is 5.05. The van der Waals surface area contributed by atoms with E-state index in [1.807, 2.05) is 0 Å². The van der Waals surface area contributed by atoms with Crippen LogP contribution in [0.5, 0.6) is 0 Å². The highest BCUT2D eigenvalue weighted by atomic mass is 16.2. The van der Waals surface area contributed by atoms with Crippen molar-refractivity contribution in [2.45, 2.75) is 0 Å². The minimum atomic E-state index is -0.385. The first-order valence-electron chi connectivity index (χ1n) is 5.48. The molecule has 2 heterocycles. The molecule has 2 aromatic heterocycles. The van der Waals surface area contributed by atoms with Crippen LogP contribution in [-0.4, -0.2) is 27.9 Å². The van der Waals surface area contributed by atoms with Gasteiger partial charge in [-0.2, -0.15) is 0 Å². The fraction of sp³-hybridized carbons (Fsp3) is 0.0909. The molecule has 2 rings (SSSR count). The molecule has 1 amide bonds. The molecule has 8 heteroatoms. The van der Waals surface area contributed by atoms with Crippen molar-refractivity contribution in [3.8, 4) is 0 Å². The number of hydrogen-bond donors (Lipinski definition) is 4. The Balaban J connectivity index is 2.05. The molecule has 98 valence electrons. The van der Waals surface area contributed by atoms with Gasteiger partial charge in [-0.25, -0.2) is 9.97 Å². The second kappa shape index (κ2) is 5.63. The number of hydrazine groups is 1. The molecule has 0 aliphatic carbocycles. The summed E-state index contributed by atoms with van der Waals surface area (Å²) in [4.78, 5) is 23.5. The zero-order valence-corrected chi connectivity index (χ0v) is 10.2. The maximum atomic E-state index is 11.7. The number of aromatic nitrogens is 3. The topological polar surface area (TPSA) is 118 Å². The molecule has 0 saturated carbocycles. The summed E-state index contributed by atoms with van der Waals surface area (Å²) in [6.45, 7) is 0. The number of anilines is 3. The van der Waals surface area contributed by atoms with Gasteiger partial charge in [0.05, 0.1) is 0 Å². The van der Waals surface area contributed by atoms with Crippen LogP contribution in [-0.2, 0) is 0 Å². The third-order valence-corrected chi connectivity index (χ3v) is 2.31. The van der Waals surface area contributed by atoms with Crippen LogP contribution >= 0.6 is 0 Å². The second-order valence-corrected chi connectivity index (χ2v) is 3.53. The summed E-state index contributed by atoms with van der Waals surface area (Å²) in [6.07, 6.45) is 2.87. The summed E-state index contributed by atoms with van der Waals surface area (Å²) in [5.74, 6) is 0.401. The molecule has 5 N–H and O–H groups in total. The van der Waals surface area contributed by atoms with Crippen molar-refractivity contribution in [1.29, 1.82) is 0 Å². The summed E-state index contributed by atoms with van der Waals surface area (Å²) >= 11 is 0. The molecular formula is C11H13N7O. The summed E-state index contributed by atoms with van der Waals surface area (Å²) in [5.41, 5.74) is 11.5. The van der Waals surface area contributed by atoms with Crippen LogP contribution in [0.2, 0.25) is 0 Å². The Bertz CT molecular complexity index is 573. The number of nitrogens with two attached hydrogens (primary N) is 1. The van der Waals surface area contributed by atoms with Gasteiger partial charge in [0.1, 0.15) is 17.7 Å². The molecule has 0 radical (unpaired) electrons.